The number of carbonyl (C=O) groups excluding carboxylic acids is 1. The van der Waals surface area contributed by atoms with Crippen molar-refractivity contribution < 1.29 is 4.79 Å². The molecule has 0 radical (unpaired) electrons. The molecule has 2 aromatic heterocycles. The Morgan fingerprint density at radius 3 is 2.47 bits per heavy atom. The topological polar surface area (TPSA) is 52.7 Å². The molecule has 6 heteroatoms. The maximum absolute atomic E-state index is 12.2. The number of halogens is 1. The quantitative estimate of drug-likeness (QED) is 0.807. The van der Waals surface area contributed by atoms with E-state index in [0.29, 0.717) is 23.6 Å². The van der Waals surface area contributed by atoms with E-state index in [1.54, 1.807) is 7.05 Å². The fourth-order valence-corrected chi connectivity index (χ4v) is 2.53. The van der Waals surface area contributed by atoms with Crippen LogP contribution in [0.5, 0.6) is 0 Å². The zero-order valence-electron chi connectivity index (χ0n) is 11.6. The van der Waals surface area contributed by atoms with Crippen LogP contribution in [0.3, 0.4) is 0 Å². The standard InChI is InChI=1S/C13H17ClN4O/c1-8-10(9(2)17(3)16-8)5-6-12(19)13-11(14)7-15-18(13)4/h7H,5-6H2,1-4H3. The second-order valence-electron chi connectivity index (χ2n) is 4.66. The van der Waals surface area contributed by atoms with Crippen LogP contribution in [0.2, 0.25) is 5.02 Å². The Morgan fingerprint density at radius 1 is 1.32 bits per heavy atom. The van der Waals surface area contributed by atoms with Crippen molar-refractivity contribution in [3.63, 3.8) is 0 Å². The lowest BCUT2D eigenvalue weighted by Crippen LogP contribution is -2.09. The van der Waals surface area contributed by atoms with Crippen LogP contribution >= 0.6 is 11.6 Å². The van der Waals surface area contributed by atoms with Gasteiger partial charge in [0.15, 0.2) is 5.78 Å². The lowest BCUT2D eigenvalue weighted by molar-refractivity contribution is 0.0974. The highest BCUT2D eigenvalue weighted by atomic mass is 35.5. The molecule has 0 amide bonds. The summed E-state index contributed by atoms with van der Waals surface area (Å²) in [5.41, 5.74) is 3.68. The van der Waals surface area contributed by atoms with Gasteiger partial charge >= 0.3 is 0 Å². The Hall–Kier alpha value is -1.62. The molecule has 0 atom stereocenters. The van der Waals surface area contributed by atoms with Gasteiger partial charge in [0, 0.05) is 26.2 Å². The molecule has 0 aliphatic heterocycles. The van der Waals surface area contributed by atoms with Gasteiger partial charge in [-0.05, 0) is 25.8 Å². The largest absolute Gasteiger partial charge is 0.292 e. The average molecular weight is 281 g/mol. The maximum atomic E-state index is 12.2. The fraction of sp³-hybridized carbons (Fsp3) is 0.462. The second-order valence-corrected chi connectivity index (χ2v) is 5.07. The molecule has 102 valence electrons. The van der Waals surface area contributed by atoms with E-state index in [4.69, 9.17) is 11.6 Å². The number of carbonyl (C=O) groups is 1. The summed E-state index contributed by atoms with van der Waals surface area (Å²) in [4.78, 5) is 12.2. The van der Waals surface area contributed by atoms with E-state index in [9.17, 15) is 4.79 Å². The summed E-state index contributed by atoms with van der Waals surface area (Å²) in [6.45, 7) is 3.97. The molecule has 0 aromatic carbocycles. The van der Waals surface area contributed by atoms with Crippen molar-refractivity contribution in [2.45, 2.75) is 26.7 Å². The number of hydrogen-bond acceptors (Lipinski definition) is 3. The van der Waals surface area contributed by atoms with Gasteiger partial charge in [0.05, 0.1) is 16.9 Å². The van der Waals surface area contributed by atoms with Crippen molar-refractivity contribution in [2.24, 2.45) is 14.1 Å². The number of aryl methyl sites for hydroxylation is 3. The third-order valence-electron chi connectivity index (χ3n) is 3.42. The number of hydrogen-bond donors (Lipinski definition) is 0. The second kappa shape index (κ2) is 5.17. The van der Waals surface area contributed by atoms with Crippen LogP contribution in [-0.4, -0.2) is 25.3 Å². The molecule has 0 aliphatic rings. The molecule has 0 fully saturated rings. The Morgan fingerprint density at radius 2 is 2.00 bits per heavy atom. The van der Waals surface area contributed by atoms with Crippen LogP contribution in [0.15, 0.2) is 6.20 Å². The van der Waals surface area contributed by atoms with E-state index >= 15 is 0 Å². The van der Waals surface area contributed by atoms with Gasteiger partial charge in [-0.1, -0.05) is 11.6 Å². The number of Topliss-reactive ketones (excluding diaryl/α,β-unsaturated/α-hetero) is 1. The van der Waals surface area contributed by atoms with E-state index in [2.05, 4.69) is 10.2 Å². The maximum Gasteiger partial charge on any atom is 0.182 e. The zero-order valence-corrected chi connectivity index (χ0v) is 12.3. The smallest absolute Gasteiger partial charge is 0.182 e. The third-order valence-corrected chi connectivity index (χ3v) is 3.70. The third kappa shape index (κ3) is 2.56. The number of rotatable bonds is 4. The van der Waals surface area contributed by atoms with Crippen molar-refractivity contribution >= 4 is 17.4 Å². The monoisotopic (exact) mass is 280 g/mol. The molecule has 0 bridgehead atoms. The Balaban J connectivity index is 2.13. The normalized spacial score (nSPS) is 11.0. The fourth-order valence-electron chi connectivity index (χ4n) is 2.26. The van der Waals surface area contributed by atoms with E-state index < -0.39 is 0 Å². The summed E-state index contributed by atoms with van der Waals surface area (Å²) in [6.07, 6.45) is 2.58. The first-order valence-electron chi connectivity index (χ1n) is 6.11. The minimum Gasteiger partial charge on any atom is -0.292 e. The molecular weight excluding hydrogens is 264 g/mol. The number of nitrogens with zero attached hydrogens (tertiary/aromatic N) is 4. The van der Waals surface area contributed by atoms with Crippen molar-refractivity contribution in [2.75, 3.05) is 0 Å². The van der Waals surface area contributed by atoms with Gasteiger partial charge < -0.3 is 0 Å². The lowest BCUT2D eigenvalue weighted by atomic mass is 10.0. The summed E-state index contributed by atoms with van der Waals surface area (Å²) >= 11 is 5.97. The summed E-state index contributed by atoms with van der Waals surface area (Å²) in [5, 5.41) is 8.74. The first kappa shape index (κ1) is 13.8. The minimum atomic E-state index is 0.00709. The molecule has 0 aliphatic carbocycles. The summed E-state index contributed by atoms with van der Waals surface area (Å²) in [7, 11) is 3.63. The van der Waals surface area contributed by atoms with Gasteiger partial charge in [-0.2, -0.15) is 10.2 Å². The molecular formula is C13H17ClN4O. The van der Waals surface area contributed by atoms with E-state index in [1.807, 2.05) is 25.6 Å². The minimum absolute atomic E-state index is 0.00709. The molecule has 19 heavy (non-hydrogen) atoms. The Bertz CT molecular complexity index is 607. The van der Waals surface area contributed by atoms with Crippen LogP contribution in [0.1, 0.15) is 33.9 Å². The molecule has 2 heterocycles. The van der Waals surface area contributed by atoms with Crippen LogP contribution in [-0.2, 0) is 20.5 Å². The van der Waals surface area contributed by atoms with Crippen LogP contribution in [0.4, 0.5) is 0 Å². The molecule has 2 aromatic rings. The van der Waals surface area contributed by atoms with Gasteiger partial charge in [-0.25, -0.2) is 0 Å². The van der Waals surface area contributed by atoms with Gasteiger partial charge in [-0.3, -0.25) is 14.2 Å². The zero-order chi connectivity index (χ0) is 14.2. The van der Waals surface area contributed by atoms with Gasteiger partial charge in [0.2, 0.25) is 0 Å². The number of aromatic nitrogens is 4. The van der Waals surface area contributed by atoms with E-state index in [0.717, 1.165) is 17.0 Å². The van der Waals surface area contributed by atoms with Crippen molar-refractivity contribution in [1.82, 2.24) is 19.6 Å². The number of ketones is 1. The van der Waals surface area contributed by atoms with Crippen LogP contribution in [0.25, 0.3) is 0 Å². The van der Waals surface area contributed by atoms with Gasteiger partial charge in [0.1, 0.15) is 5.69 Å². The first-order valence-corrected chi connectivity index (χ1v) is 6.49. The average Bonchev–Trinajstić information content (AvgIpc) is 2.79. The molecule has 0 N–H and O–H groups in total. The van der Waals surface area contributed by atoms with Crippen molar-refractivity contribution in [1.29, 1.82) is 0 Å². The predicted molar refractivity (Wildman–Crippen MR) is 73.6 cm³/mol. The molecule has 2 rings (SSSR count). The molecule has 0 saturated heterocycles. The van der Waals surface area contributed by atoms with Crippen molar-refractivity contribution in [3.8, 4) is 0 Å². The lowest BCUT2D eigenvalue weighted by Gasteiger charge is -2.03. The van der Waals surface area contributed by atoms with Gasteiger partial charge in [-0.15, -0.1) is 0 Å². The molecule has 5 nitrogen and oxygen atoms in total. The Kier molecular flexibility index (Phi) is 3.75. The highest BCUT2D eigenvalue weighted by Gasteiger charge is 2.17. The SMILES string of the molecule is Cc1nn(C)c(C)c1CCC(=O)c1c(Cl)cnn1C. The highest BCUT2D eigenvalue weighted by Crippen LogP contribution is 2.19. The molecule has 0 unspecified atom stereocenters. The summed E-state index contributed by atoms with van der Waals surface area (Å²) < 4.78 is 3.36. The van der Waals surface area contributed by atoms with Crippen LogP contribution < -0.4 is 0 Å². The van der Waals surface area contributed by atoms with Crippen LogP contribution in [0, 0.1) is 13.8 Å². The molecule has 0 saturated carbocycles. The first-order chi connectivity index (χ1) is 8.91. The Labute approximate surface area is 117 Å². The summed E-state index contributed by atoms with van der Waals surface area (Å²) in [5.74, 6) is 0.00709. The summed E-state index contributed by atoms with van der Waals surface area (Å²) in [6, 6.07) is 0. The van der Waals surface area contributed by atoms with Crippen molar-refractivity contribution in [3.05, 3.63) is 33.9 Å². The van der Waals surface area contributed by atoms with E-state index in [1.165, 1.54) is 10.9 Å². The predicted octanol–water partition coefficient (Wildman–Crippen LogP) is 2.24. The highest BCUT2D eigenvalue weighted by molar-refractivity contribution is 6.33. The van der Waals surface area contributed by atoms with Gasteiger partial charge in [0.25, 0.3) is 0 Å². The molecule has 0 spiro atoms. The van der Waals surface area contributed by atoms with E-state index in [-0.39, 0.29) is 5.78 Å².